The van der Waals surface area contributed by atoms with Gasteiger partial charge in [-0.3, -0.25) is 4.90 Å². The lowest BCUT2D eigenvalue weighted by Gasteiger charge is -2.34. The third-order valence-corrected chi connectivity index (χ3v) is 7.59. The van der Waals surface area contributed by atoms with Crippen LogP contribution < -0.4 is 10.2 Å². The van der Waals surface area contributed by atoms with E-state index >= 15 is 0 Å². The van der Waals surface area contributed by atoms with Crippen LogP contribution in [-0.2, 0) is 0 Å². The van der Waals surface area contributed by atoms with Crippen LogP contribution in [0.3, 0.4) is 0 Å². The van der Waals surface area contributed by atoms with Crippen molar-refractivity contribution in [1.29, 1.82) is 0 Å². The van der Waals surface area contributed by atoms with Gasteiger partial charge in [0.2, 0.25) is 10.1 Å². The van der Waals surface area contributed by atoms with Gasteiger partial charge in [-0.2, -0.15) is 4.52 Å². The van der Waals surface area contributed by atoms with Gasteiger partial charge in [-0.15, -0.1) is 5.10 Å². The maximum absolute atomic E-state index is 5.06. The van der Waals surface area contributed by atoms with E-state index in [-0.39, 0.29) is 0 Å². The predicted octanol–water partition coefficient (Wildman–Crippen LogP) is 5.12. The van der Waals surface area contributed by atoms with E-state index in [1.807, 2.05) is 0 Å². The highest BCUT2D eigenvalue weighted by Gasteiger charge is 2.24. The minimum absolute atomic E-state index is 0.507. The number of benzene rings is 1. The molecule has 1 N–H and O–H groups in total. The number of nitrogens with zero attached hydrogens (tertiary/aromatic N) is 5. The van der Waals surface area contributed by atoms with Gasteiger partial charge in [0.1, 0.15) is 5.69 Å². The van der Waals surface area contributed by atoms with E-state index < -0.39 is 0 Å². The van der Waals surface area contributed by atoms with Crippen LogP contribution in [0.15, 0.2) is 30.3 Å². The summed E-state index contributed by atoms with van der Waals surface area (Å²) in [6.07, 6.45) is 9.03. The minimum atomic E-state index is 0.507. The monoisotopic (exact) mass is 438 g/mol. The van der Waals surface area contributed by atoms with E-state index in [9.17, 15) is 0 Å². The fourth-order valence-corrected chi connectivity index (χ4v) is 5.84. The normalized spacial score (nSPS) is 19.1. The number of hydrogen-bond donors (Lipinski definition) is 1. The van der Waals surface area contributed by atoms with E-state index in [4.69, 9.17) is 10.1 Å². The first kappa shape index (κ1) is 20.8. The van der Waals surface area contributed by atoms with Gasteiger partial charge in [-0.05, 0) is 25.8 Å². The number of anilines is 2. The first-order valence-corrected chi connectivity index (χ1v) is 12.8. The molecule has 31 heavy (non-hydrogen) atoms. The van der Waals surface area contributed by atoms with Crippen LogP contribution >= 0.6 is 11.3 Å². The molecule has 5 rings (SSSR count). The summed E-state index contributed by atoms with van der Waals surface area (Å²) in [6.45, 7) is 7.80. The van der Waals surface area contributed by atoms with Crippen molar-refractivity contribution in [2.24, 2.45) is 0 Å². The fraction of sp³-hybridized carbons (Fsp3) is 0.583. The van der Waals surface area contributed by atoms with Crippen molar-refractivity contribution in [3.8, 4) is 11.3 Å². The number of rotatable bonds is 6. The zero-order valence-electron chi connectivity index (χ0n) is 18.6. The number of fused-ring (bicyclic) bond motifs is 1. The summed E-state index contributed by atoms with van der Waals surface area (Å²) in [4.78, 5) is 11.0. The van der Waals surface area contributed by atoms with Crippen molar-refractivity contribution < 1.29 is 0 Å². The Balaban J connectivity index is 1.44. The van der Waals surface area contributed by atoms with Gasteiger partial charge in [0.25, 0.3) is 0 Å². The molecule has 6 nitrogen and oxygen atoms in total. The Hall–Kier alpha value is -2.12. The maximum Gasteiger partial charge on any atom is 0.216 e. The SMILES string of the molecule is CCCN1CCN(c2nn3c(NC4CCCCCC4)c(-c4ccccc4)nc3s2)CC1. The minimum Gasteiger partial charge on any atom is -0.365 e. The Kier molecular flexibility index (Phi) is 6.41. The van der Waals surface area contributed by atoms with Gasteiger partial charge in [-0.1, -0.05) is 74.3 Å². The topological polar surface area (TPSA) is 48.7 Å². The van der Waals surface area contributed by atoms with Crippen LogP contribution in [0, 0.1) is 0 Å². The second-order valence-corrected chi connectivity index (χ2v) is 9.85. The summed E-state index contributed by atoms with van der Waals surface area (Å²) in [6, 6.07) is 11.1. The Morgan fingerprint density at radius 1 is 1.00 bits per heavy atom. The van der Waals surface area contributed by atoms with E-state index in [1.54, 1.807) is 11.3 Å². The van der Waals surface area contributed by atoms with Gasteiger partial charge in [0, 0.05) is 37.8 Å². The van der Waals surface area contributed by atoms with Crippen molar-refractivity contribution >= 4 is 27.2 Å². The molecule has 7 heteroatoms. The number of hydrogen-bond acceptors (Lipinski definition) is 6. The van der Waals surface area contributed by atoms with Gasteiger partial charge in [0.05, 0.1) is 0 Å². The third kappa shape index (κ3) is 4.58. The third-order valence-electron chi connectivity index (χ3n) is 6.62. The molecule has 3 heterocycles. The van der Waals surface area contributed by atoms with Gasteiger partial charge in [0.15, 0.2) is 5.82 Å². The molecule has 166 valence electrons. The molecule has 0 amide bonds. The van der Waals surface area contributed by atoms with E-state index in [0.717, 1.165) is 53.3 Å². The molecule has 0 spiro atoms. The summed E-state index contributed by atoms with van der Waals surface area (Å²) >= 11 is 1.72. The highest BCUT2D eigenvalue weighted by atomic mass is 32.1. The highest BCUT2D eigenvalue weighted by Crippen LogP contribution is 2.35. The average Bonchev–Trinajstić information content (AvgIpc) is 3.24. The number of nitrogens with one attached hydrogen (secondary N) is 1. The quantitative estimate of drug-likeness (QED) is 0.541. The molecule has 1 aromatic carbocycles. The Morgan fingerprint density at radius 3 is 2.45 bits per heavy atom. The lowest BCUT2D eigenvalue weighted by molar-refractivity contribution is 0.258. The zero-order valence-corrected chi connectivity index (χ0v) is 19.4. The van der Waals surface area contributed by atoms with Crippen LogP contribution in [0.4, 0.5) is 10.9 Å². The molecule has 0 radical (unpaired) electrons. The van der Waals surface area contributed by atoms with Crippen molar-refractivity contribution in [3.05, 3.63) is 30.3 Å². The summed E-state index contributed by atoms with van der Waals surface area (Å²) in [5.74, 6) is 1.07. The molecule has 2 aromatic heterocycles. The molecular formula is C24H34N6S. The van der Waals surface area contributed by atoms with Crippen molar-refractivity contribution in [1.82, 2.24) is 19.5 Å². The van der Waals surface area contributed by atoms with Crippen LogP contribution in [0.2, 0.25) is 0 Å². The number of piperazine rings is 1. The largest absolute Gasteiger partial charge is 0.365 e. The van der Waals surface area contributed by atoms with Crippen molar-refractivity contribution in [2.45, 2.75) is 57.9 Å². The molecule has 3 aromatic rings. The lowest BCUT2D eigenvalue weighted by atomic mass is 10.1. The van der Waals surface area contributed by atoms with Crippen LogP contribution in [0.1, 0.15) is 51.9 Å². The molecule has 0 unspecified atom stereocenters. The van der Waals surface area contributed by atoms with Crippen LogP contribution in [0.25, 0.3) is 16.2 Å². The molecule has 1 aliphatic heterocycles. The summed E-state index contributed by atoms with van der Waals surface area (Å²) in [5.41, 5.74) is 2.19. The first-order chi connectivity index (χ1) is 15.3. The molecule has 0 atom stereocenters. The summed E-state index contributed by atoms with van der Waals surface area (Å²) in [7, 11) is 0. The predicted molar refractivity (Wildman–Crippen MR) is 130 cm³/mol. The van der Waals surface area contributed by atoms with Crippen LogP contribution in [-0.4, -0.2) is 58.3 Å². The Morgan fingerprint density at radius 2 is 1.74 bits per heavy atom. The second-order valence-electron chi connectivity index (χ2n) is 8.92. The fourth-order valence-electron chi connectivity index (χ4n) is 4.89. The molecule has 1 saturated carbocycles. The maximum atomic E-state index is 5.06. The Labute approximate surface area is 189 Å². The summed E-state index contributed by atoms with van der Waals surface area (Å²) in [5, 5.41) is 10.0. The molecule has 2 fully saturated rings. The molecule has 0 bridgehead atoms. The van der Waals surface area contributed by atoms with E-state index in [0.29, 0.717) is 6.04 Å². The Bertz CT molecular complexity index is 965. The van der Waals surface area contributed by atoms with Crippen molar-refractivity contribution in [2.75, 3.05) is 42.9 Å². The lowest BCUT2D eigenvalue weighted by Crippen LogP contribution is -2.46. The number of aromatic nitrogens is 3. The first-order valence-electron chi connectivity index (χ1n) is 12.0. The summed E-state index contributed by atoms with van der Waals surface area (Å²) < 4.78 is 2.08. The van der Waals surface area contributed by atoms with Gasteiger partial charge >= 0.3 is 0 Å². The standard InChI is InChI=1S/C24H34N6S/c1-2-14-28-15-17-29(18-16-28)24-27-30-22(25-20-12-8-3-4-9-13-20)21(26-23(30)31-24)19-10-6-5-7-11-19/h5-7,10-11,20,25H,2-4,8-9,12-18H2,1H3. The van der Waals surface area contributed by atoms with Crippen molar-refractivity contribution in [3.63, 3.8) is 0 Å². The molecule has 2 aliphatic rings. The molecular weight excluding hydrogens is 404 g/mol. The zero-order chi connectivity index (χ0) is 21.0. The smallest absolute Gasteiger partial charge is 0.216 e. The molecule has 1 aliphatic carbocycles. The molecule has 1 saturated heterocycles. The number of imidazole rings is 1. The van der Waals surface area contributed by atoms with Gasteiger partial charge < -0.3 is 10.2 Å². The highest BCUT2D eigenvalue weighted by molar-refractivity contribution is 7.20. The second kappa shape index (κ2) is 9.57. The van der Waals surface area contributed by atoms with Gasteiger partial charge in [-0.25, -0.2) is 4.98 Å². The van der Waals surface area contributed by atoms with Crippen LogP contribution in [0.5, 0.6) is 0 Å². The van der Waals surface area contributed by atoms with E-state index in [1.165, 1.54) is 51.5 Å². The average molecular weight is 439 g/mol. The van der Waals surface area contributed by atoms with E-state index in [2.05, 4.69) is 56.9 Å².